The number of nitrogens with two attached hydrogens (primary N) is 2. The summed E-state index contributed by atoms with van der Waals surface area (Å²) in [5, 5.41) is 30.5. The molecule has 1 aromatic heterocycles. The van der Waals surface area contributed by atoms with Crippen LogP contribution in [0.1, 0.15) is 137 Å². The predicted molar refractivity (Wildman–Crippen MR) is 449 cm³/mol. The van der Waals surface area contributed by atoms with Gasteiger partial charge in [-0.3, -0.25) is 71.3 Å². The number of unbranched alkanes of at least 4 members (excludes halogenated alkanes) is 1. The van der Waals surface area contributed by atoms with E-state index in [0.29, 0.717) is 57.2 Å². The van der Waals surface area contributed by atoms with Crippen molar-refractivity contribution in [2.24, 2.45) is 11.5 Å². The fourth-order valence-electron chi connectivity index (χ4n) is 15.0. The van der Waals surface area contributed by atoms with Crippen LogP contribution < -0.4 is 43.0 Å². The van der Waals surface area contributed by atoms with Crippen LogP contribution in [0, 0.1) is 19.3 Å². The van der Waals surface area contributed by atoms with Gasteiger partial charge in [0.1, 0.15) is 46.5 Å². The molecule has 5 aromatic rings. The first-order valence-electron chi connectivity index (χ1n) is 38.9. The molecule has 672 valence electrons. The minimum absolute atomic E-state index is 0.000930. The van der Waals surface area contributed by atoms with Gasteiger partial charge in [-0.05, 0) is 181 Å². The predicted octanol–water partition coefficient (Wildman–Crippen LogP) is 2.75. The number of guanidine groups is 1. The monoisotopic (exact) mass is 1830 g/mol. The molecule has 41 nitrogen and oxygen atoms in total. The van der Waals surface area contributed by atoms with Crippen molar-refractivity contribution in [3.8, 4) is 0 Å². The number of nitrogens with zero attached hydrogens (tertiary/aromatic N) is 6. The number of benzene rings is 4. The molecule has 1 unspecified atom stereocenters. The van der Waals surface area contributed by atoms with Gasteiger partial charge < -0.3 is 62.8 Å². The van der Waals surface area contributed by atoms with Gasteiger partial charge in [0.2, 0.25) is 41.1 Å². The van der Waals surface area contributed by atoms with Crippen molar-refractivity contribution in [3.05, 3.63) is 119 Å². The van der Waals surface area contributed by atoms with Gasteiger partial charge in [-0.15, -0.1) is 0 Å². The first-order chi connectivity index (χ1) is 57.5. The maximum absolute atomic E-state index is 14.4. The molecule has 3 aliphatic heterocycles. The molecule has 0 aliphatic carbocycles. The lowest BCUT2D eigenvalue weighted by Crippen LogP contribution is -2.58. The SMILES string of the molecule is CC(/C=C/C(=C/C=C(\C)N(CCCS(=O)(=O)O)c1ccc2c(S(=O)(=O)O)cc(S(=O)(=O)O)cc2c1C)c1ccc(C(=O)NCCCC[C@H](NC(=O)CCCNC(=O)[C@@H]2CCCN2C(=O)[C@@H]2CCCN2C(=O)[C@H](CCCNC(=N)N)NC(=O)C2CCCN2C(=O)CN)C(=O)O)cn1)=[N+](CCCS(=O)(=O)O)c1ccc2c(S(=O)(=O)O)cc(S(=O)(=O)O)cc2c1C. The third kappa shape index (κ3) is 26.9. The molecule has 7 amide bonds. The number of likely N-dealkylation sites (tertiary alicyclic amines) is 3. The van der Waals surface area contributed by atoms with Gasteiger partial charge in [-0.25, -0.2) is 4.79 Å². The van der Waals surface area contributed by atoms with Crippen molar-refractivity contribution >= 4 is 158 Å². The van der Waals surface area contributed by atoms with E-state index < -0.39 is 169 Å². The van der Waals surface area contributed by atoms with Crippen molar-refractivity contribution in [2.45, 2.75) is 174 Å². The molecule has 4 aromatic carbocycles. The zero-order valence-electron chi connectivity index (χ0n) is 67.5. The number of aryl methyl sites for hydroxylation is 2. The summed E-state index contributed by atoms with van der Waals surface area (Å²) >= 11 is 0. The fraction of sp³-hybridized carbons (Fsp3) is 0.461. The van der Waals surface area contributed by atoms with Crippen LogP contribution in [0.5, 0.6) is 0 Å². The summed E-state index contributed by atoms with van der Waals surface area (Å²) in [5.74, 6) is -6.92. The Morgan fingerprint density at radius 2 is 1.15 bits per heavy atom. The van der Waals surface area contributed by atoms with Crippen LogP contribution in [0.15, 0.2) is 116 Å². The van der Waals surface area contributed by atoms with Crippen LogP contribution in [0.2, 0.25) is 0 Å². The minimum Gasteiger partial charge on any atom is -0.480 e. The topological polar surface area (TPSA) is 648 Å². The molecular weight excluding hydrogens is 1730 g/mol. The molecule has 4 heterocycles. The molecular formula is C76H101N14O27S6+. The highest BCUT2D eigenvalue weighted by atomic mass is 32.2. The number of pyridine rings is 1. The molecule has 0 radical (unpaired) electrons. The summed E-state index contributed by atoms with van der Waals surface area (Å²) in [4.78, 5) is 115. The van der Waals surface area contributed by atoms with E-state index in [2.05, 4.69) is 31.6 Å². The summed E-state index contributed by atoms with van der Waals surface area (Å²) in [5.41, 5.74) is 12.6. The van der Waals surface area contributed by atoms with Crippen LogP contribution in [0.25, 0.3) is 27.1 Å². The smallest absolute Gasteiger partial charge is 0.326 e. The maximum atomic E-state index is 14.4. The molecule has 3 saturated heterocycles. The number of allylic oxidation sites excluding steroid dienone is 6. The number of aromatic nitrogens is 1. The lowest BCUT2D eigenvalue weighted by atomic mass is 10.0. The highest BCUT2D eigenvalue weighted by molar-refractivity contribution is 7.87. The molecule has 0 bridgehead atoms. The van der Waals surface area contributed by atoms with Crippen molar-refractivity contribution in [2.75, 3.05) is 75.3 Å². The van der Waals surface area contributed by atoms with E-state index in [4.69, 9.17) is 16.9 Å². The van der Waals surface area contributed by atoms with Crippen LogP contribution in [0.4, 0.5) is 11.4 Å². The van der Waals surface area contributed by atoms with Gasteiger partial charge in [0.15, 0.2) is 11.7 Å². The van der Waals surface area contributed by atoms with Gasteiger partial charge in [0.05, 0.1) is 39.1 Å². The van der Waals surface area contributed by atoms with Gasteiger partial charge in [0.25, 0.3) is 66.6 Å². The molecule has 17 N–H and O–H groups in total. The average molecular weight is 1840 g/mol. The zero-order valence-corrected chi connectivity index (χ0v) is 72.4. The van der Waals surface area contributed by atoms with Crippen LogP contribution in [0.3, 0.4) is 0 Å². The first-order valence-corrected chi connectivity index (χ1v) is 47.9. The largest absolute Gasteiger partial charge is 0.480 e. The Kier molecular flexibility index (Phi) is 33.4. The highest BCUT2D eigenvalue weighted by Crippen LogP contribution is 2.38. The molecule has 3 fully saturated rings. The second kappa shape index (κ2) is 41.9. The molecule has 123 heavy (non-hydrogen) atoms. The second-order valence-corrected chi connectivity index (χ2v) is 38.5. The Labute approximate surface area is 711 Å². The van der Waals surface area contributed by atoms with Crippen LogP contribution >= 0.6 is 0 Å². The summed E-state index contributed by atoms with van der Waals surface area (Å²) in [6, 6.07) is 5.87. The van der Waals surface area contributed by atoms with Gasteiger partial charge in [0, 0.05) is 117 Å². The van der Waals surface area contributed by atoms with E-state index >= 15 is 0 Å². The number of rotatable bonds is 41. The van der Waals surface area contributed by atoms with E-state index in [1.54, 1.807) is 13.8 Å². The molecule has 0 saturated carbocycles. The Morgan fingerprint density at radius 1 is 0.593 bits per heavy atom. The van der Waals surface area contributed by atoms with Crippen molar-refractivity contribution in [3.63, 3.8) is 0 Å². The standard InChI is InChI=1S/C76H100N14O27S6/c1-46(86(36-12-38-118(100,101)102)61-28-25-54-56(48(61)3)40-52(120(106,107)108)42-66(54)122(112,113)114)20-22-50(23-21-47(2)87(37-13-39-119(103,104)105)62-29-26-55-57(49(62)4)41-53(121(109,110)111)43-67(55)123(115,116)117)58-27-24-51(45-83-58)70(93)80-30-6-5-14-60(75(98)99)84-68(91)19-8-31-81-71(94)63-16-10-34-89(63)74(97)65-18-11-35-90(65)73(96)59(15-7-32-82-76(78)79)85-72(95)64-17-9-33-88(64)69(92)44-77/h20-29,40-43,45,59-60,63-65H,5-19,30-39,44,77H2,1-4H3,(H14-,78,79,80,81,82,84,85,91,93,94,95,98,99,100,101,102,103,104,105,106,107,108,109,110,111,112,113,114,115,116,117)/p+1/t59-,60-,63-,64?,65-/m0/s1. The van der Waals surface area contributed by atoms with E-state index in [1.807, 2.05) is 0 Å². The minimum atomic E-state index is -5.15. The molecule has 47 heteroatoms. The zero-order chi connectivity index (χ0) is 91.0. The number of anilines is 1. The van der Waals surface area contributed by atoms with Crippen LogP contribution in [-0.2, 0) is 94.3 Å². The highest BCUT2D eigenvalue weighted by Gasteiger charge is 2.45. The maximum Gasteiger partial charge on any atom is 0.326 e. The number of carbonyl (C=O) groups excluding carboxylic acids is 7. The molecule has 0 spiro atoms. The lowest BCUT2D eigenvalue weighted by molar-refractivity contribution is -0.440. The number of nitrogens with one attached hydrogen (secondary N) is 6. The van der Waals surface area contributed by atoms with Gasteiger partial charge >= 0.3 is 5.97 Å². The van der Waals surface area contributed by atoms with E-state index in [9.17, 15) is 121 Å². The Bertz CT molecular complexity index is 5790. The summed E-state index contributed by atoms with van der Waals surface area (Å²) in [7, 11) is -29.7. The van der Waals surface area contributed by atoms with Gasteiger partial charge in [-0.1, -0.05) is 12.1 Å². The van der Waals surface area contributed by atoms with Crippen molar-refractivity contribution in [1.82, 2.24) is 46.3 Å². The first kappa shape index (κ1) is 98.1. The quantitative estimate of drug-likeness (QED) is 0.00668. The summed E-state index contributed by atoms with van der Waals surface area (Å²) < 4.78 is 210. The average Bonchev–Trinajstić information content (AvgIpc) is 0.891. The molecule has 8 rings (SSSR count). The number of hydrogen-bond acceptors (Lipinski definition) is 24. The number of aliphatic carboxylic acids is 1. The number of amides is 7. The Hall–Kier alpha value is -10.3. The van der Waals surface area contributed by atoms with E-state index in [1.165, 1.54) is 105 Å². The molecule has 3 aliphatic rings. The molecule has 5 atom stereocenters. The van der Waals surface area contributed by atoms with Crippen LogP contribution in [-0.4, -0.2) is 267 Å². The lowest BCUT2D eigenvalue weighted by Gasteiger charge is -2.33. The number of carboxylic acids is 1. The van der Waals surface area contributed by atoms with Crippen molar-refractivity contribution in [1.29, 1.82) is 5.41 Å². The third-order valence-electron chi connectivity index (χ3n) is 21.1. The summed E-state index contributed by atoms with van der Waals surface area (Å²) in [6.45, 7) is 6.11. The number of carbonyl (C=O) groups is 8. The normalized spacial score (nSPS) is 17.1. The second-order valence-electron chi connectivity index (χ2n) is 29.7. The number of fused-ring (bicyclic) bond motifs is 2. The number of hydrogen-bond donors (Lipinski definition) is 15. The number of carboxylic acid groups (broad SMARTS) is 1. The summed E-state index contributed by atoms with van der Waals surface area (Å²) in [6.07, 6.45) is 9.65. The van der Waals surface area contributed by atoms with Gasteiger partial charge in [-0.2, -0.15) is 55.1 Å². The Balaban J connectivity index is 0.965. The fourth-order valence-corrected chi connectivity index (χ4v) is 18.7. The van der Waals surface area contributed by atoms with Crippen molar-refractivity contribution < 1.29 is 126 Å². The van der Waals surface area contributed by atoms with E-state index in [-0.39, 0.29) is 188 Å². The Morgan fingerprint density at radius 3 is 1.72 bits per heavy atom. The third-order valence-corrected chi connectivity index (χ3v) is 26.2. The van der Waals surface area contributed by atoms with E-state index in [0.717, 1.165) is 12.1 Å².